The summed E-state index contributed by atoms with van der Waals surface area (Å²) in [5.41, 5.74) is 1.92. The lowest BCUT2D eigenvalue weighted by atomic mass is 10.2. The minimum absolute atomic E-state index is 0.357. The lowest BCUT2D eigenvalue weighted by Crippen LogP contribution is -2.26. The molecule has 0 bridgehead atoms. The third-order valence-electron chi connectivity index (χ3n) is 2.67. The van der Waals surface area contributed by atoms with Crippen molar-refractivity contribution >= 4 is 21.4 Å². The molecule has 0 aliphatic heterocycles. The van der Waals surface area contributed by atoms with Crippen molar-refractivity contribution in [2.45, 2.75) is 18.2 Å². The predicted molar refractivity (Wildman–Crippen MR) is 74.4 cm³/mol. The number of nitrogens with one attached hydrogen (secondary N) is 1. The minimum Gasteiger partial charge on any atom is -0.211 e. The first kappa shape index (κ1) is 13.3. The van der Waals surface area contributed by atoms with E-state index in [1.54, 1.807) is 36.5 Å². The van der Waals surface area contributed by atoms with Gasteiger partial charge in [-0.3, -0.25) is 0 Å². The summed E-state index contributed by atoms with van der Waals surface area (Å²) in [6.45, 7) is 2.22. The van der Waals surface area contributed by atoms with E-state index < -0.39 is 10.0 Å². The van der Waals surface area contributed by atoms with E-state index in [1.165, 1.54) is 0 Å². The third kappa shape index (κ3) is 3.19. The maximum absolute atomic E-state index is 12.1. The number of aryl methyl sites for hydroxylation is 1. The number of benzene rings is 1. The minimum atomic E-state index is -3.39. The van der Waals surface area contributed by atoms with Crippen LogP contribution in [-0.4, -0.2) is 15.0 Å². The van der Waals surface area contributed by atoms with Crippen molar-refractivity contribution in [2.24, 2.45) is 0 Å². The van der Waals surface area contributed by atoms with Crippen molar-refractivity contribution in [1.82, 2.24) is 4.72 Å². The van der Waals surface area contributed by atoms with Crippen LogP contribution in [0, 0.1) is 6.92 Å². The molecule has 2 rings (SSSR count). The van der Waals surface area contributed by atoms with Crippen molar-refractivity contribution in [3.63, 3.8) is 0 Å². The largest absolute Gasteiger partial charge is 0.240 e. The second-order valence-electron chi connectivity index (χ2n) is 4.04. The third-order valence-corrected chi connectivity index (χ3v) is 5.02. The quantitative estimate of drug-likeness (QED) is 0.915. The number of hydrogen-bond acceptors (Lipinski definition) is 3. The molecule has 0 spiro atoms. The highest BCUT2D eigenvalue weighted by Crippen LogP contribution is 2.14. The second-order valence-corrected chi connectivity index (χ2v) is 6.56. The normalized spacial score (nSPS) is 11.6. The molecule has 5 heteroatoms. The topological polar surface area (TPSA) is 46.2 Å². The fraction of sp³-hybridized carbons (Fsp3) is 0.231. The summed E-state index contributed by atoms with van der Waals surface area (Å²) in [6.07, 6.45) is 0.717. The molecular formula is C13H15NO2S2. The Kier molecular flexibility index (Phi) is 4.16. The lowest BCUT2D eigenvalue weighted by molar-refractivity contribution is 0.581. The van der Waals surface area contributed by atoms with E-state index in [0.717, 1.165) is 11.1 Å². The number of hydrogen-bond donors (Lipinski definition) is 1. The van der Waals surface area contributed by atoms with Gasteiger partial charge in [0.1, 0.15) is 0 Å². The van der Waals surface area contributed by atoms with E-state index in [9.17, 15) is 8.42 Å². The van der Waals surface area contributed by atoms with Gasteiger partial charge in [0.25, 0.3) is 0 Å². The number of sulfonamides is 1. The molecule has 0 aliphatic rings. The second kappa shape index (κ2) is 5.65. The lowest BCUT2D eigenvalue weighted by Gasteiger charge is -2.08. The first-order valence-corrected chi connectivity index (χ1v) is 8.08. The van der Waals surface area contributed by atoms with Crippen LogP contribution in [0.5, 0.6) is 0 Å². The van der Waals surface area contributed by atoms with Gasteiger partial charge in [0, 0.05) is 6.54 Å². The molecule has 1 aromatic carbocycles. The Labute approximate surface area is 112 Å². The van der Waals surface area contributed by atoms with Crippen molar-refractivity contribution < 1.29 is 8.42 Å². The Balaban J connectivity index is 2.02. The molecule has 0 radical (unpaired) electrons. The van der Waals surface area contributed by atoms with Crippen molar-refractivity contribution in [1.29, 1.82) is 0 Å². The van der Waals surface area contributed by atoms with Gasteiger partial charge in [-0.1, -0.05) is 18.2 Å². The fourth-order valence-electron chi connectivity index (χ4n) is 1.70. The molecule has 2 aromatic rings. The molecule has 18 heavy (non-hydrogen) atoms. The molecule has 0 unspecified atom stereocenters. The Morgan fingerprint density at radius 1 is 1.22 bits per heavy atom. The summed E-state index contributed by atoms with van der Waals surface area (Å²) in [5.74, 6) is 0. The van der Waals surface area contributed by atoms with Crippen LogP contribution in [0.4, 0.5) is 0 Å². The molecule has 0 atom stereocenters. The van der Waals surface area contributed by atoms with Crippen LogP contribution in [0.2, 0.25) is 0 Å². The van der Waals surface area contributed by atoms with Gasteiger partial charge < -0.3 is 0 Å². The van der Waals surface area contributed by atoms with E-state index in [1.807, 2.05) is 22.9 Å². The average molecular weight is 281 g/mol. The molecule has 0 aliphatic carbocycles. The molecule has 1 heterocycles. The van der Waals surface area contributed by atoms with Gasteiger partial charge in [-0.25, -0.2) is 13.1 Å². The van der Waals surface area contributed by atoms with Crippen LogP contribution < -0.4 is 4.72 Å². The Morgan fingerprint density at radius 3 is 2.67 bits per heavy atom. The van der Waals surface area contributed by atoms with Gasteiger partial charge in [0.15, 0.2) is 0 Å². The number of rotatable bonds is 5. The van der Waals surface area contributed by atoms with Gasteiger partial charge in [0.2, 0.25) is 10.0 Å². The SMILES string of the molecule is Cc1ccccc1S(=O)(=O)NCCc1ccsc1. The Bertz CT molecular complexity index is 604. The first-order chi connectivity index (χ1) is 8.59. The maximum atomic E-state index is 12.1. The Hall–Kier alpha value is -1.17. The highest BCUT2D eigenvalue weighted by Gasteiger charge is 2.15. The monoisotopic (exact) mass is 281 g/mol. The van der Waals surface area contributed by atoms with E-state index in [2.05, 4.69) is 4.72 Å². The van der Waals surface area contributed by atoms with E-state index in [0.29, 0.717) is 17.9 Å². The zero-order valence-electron chi connectivity index (χ0n) is 10.1. The highest BCUT2D eigenvalue weighted by molar-refractivity contribution is 7.89. The molecule has 0 amide bonds. The molecule has 1 N–H and O–H groups in total. The summed E-state index contributed by atoms with van der Waals surface area (Å²) in [6, 6.07) is 9.00. The molecule has 0 saturated carbocycles. The van der Waals surface area contributed by atoms with Gasteiger partial charge in [0.05, 0.1) is 4.90 Å². The zero-order valence-corrected chi connectivity index (χ0v) is 11.7. The summed E-state index contributed by atoms with van der Waals surface area (Å²) in [5, 5.41) is 4.02. The van der Waals surface area contributed by atoms with Crippen LogP contribution in [0.3, 0.4) is 0 Å². The van der Waals surface area contributed by atoms with Crippen LogP contribution in [-0.2, 0) is 16.4 Å². The maximum Gasteiger partial charge on any atom is 0.240 e. The molecule has 96 valence electrons. The number of thiophene rings is 1. The summed E-state index contributed by atoms with van der Waals surface area (Å²) >= 11 is 1.62. The predicted octanol–water partition coefficient (Wildman–Crippen LogP) is 2.58. The van der Waals surface area contributed by atoms with E-state index in [4.69, 9.17) is 0 Å². The van der Waals surface area contributed by atoms with Crippen molar-refractivity contribution in [2.75, 3.05) is 6.54 Å². The van der Waals surface area contributed by atoms with Crippen molar-refractivity contribution in [3.05, 3.63) is 52.2 Å². The summed E-state index contributed by atoms with van der Waals surface area (Å²) in [7, 11) is -3.39. The Morgan fingerprint density at radius 2 is 2.00 bits per heavy atom. The molecule has 0 saturated heterocycles. The average Bonchev–Trinajstić information content (AvgIpc) is 2.82. The van der Waals surface area contributed by atoms with Crippen LogP contribution in [0.25, 0.3) is 0 Å². The van der Waals surface area contributed by atoms with E-state index in [-0.39, 0.29) is 0 Å². The molecule has 3 nitrogen and oxygen atoms in total. The van der Waals surface area contributed by atoms with Crippen molar-refractivity contribution in [3.8, 4) is 0 Å². The van der Waals surface area contributed by atoms with Crippen LogP contribution in [0.1, 0.15) is 11.1 Å². The van der Waals surface area contributed by atoms with Crippen LogP contribution >= 0.6 is 11.3 Å². The van der Waals surface area contributed by atoms with E-state index >= 15 is 0 Å². The zero-order chi connectivity index (χ0) is 13.0. The summed E-state index contributed by atoms with van der Waals surface area (Å²) < 4.78 is 26.8. The smallest absolute Gasteiger partial charge is 0.211 e. The van der Waals surface area contributed by atoms with Gasteiger partial charge in [-0.05, 0) is 47.4 Å². The molecule has 0 fully saturated rings. The van der Waals surface area contributed by atoms with Gasteiger partial charge >= 0.3 is 0 Å². The van der Waals surface area contributed by atoms with Gasteiger partial charge in [-0.2, -0.15) is 11.3 Å². The molecular weight excluding hydrogens is 266 g/mol. The van der Waals surface area contributed by atoms with Crippen LogP contribution in [0.15, 0.2) is 46.0 Å². The standard InChI is InChI=1S/C13H15NO2S2/c1-11-4-2-3-5-13(11)18(15,16)14-8-6-12-7-9-17-10-12/h2-5,7,9-10,14H,6,8H2,1H3. The highest BCUT2D eigenvalue weighted by atomic mass is 32.2. The molecule has 1 aromatic heterocycles. The van der Waals surface area contributed by atoms with Gasteiger partial charge in [-0.15, -0.1) is 0 Å². The first-order valence-electron chi connectivity index (χ1n) is 5.66. The fourth-order valence-corrected chi connectivity index (χ4v) is 3.68. The summed E-state index contributed by atoms with van der Waals surface area (Å²) in [4.78, 5) is 0.357.